The van der Waals surface area contributed by atoms with Crippen molar-refractivity contribution in [3.05, 3.63) is 71.8 Å². The van der Waals surface area contributed by atoms with Gasteiger partial charge in [-0.3, -0.25) is 9.69 Å². The number of benzene rings is 2. The number of hydrogen-bond acceptors (Lipinski definition) is 4. The maximum Gasteiger partial charge on any atom is 0.416 e. The number of para-hydroxylation sites is 1. The summed E-state index contributed by atoms with van der Waals surface area (Å²) in [6.07, 6.45) is -0.0161. The van der Waals surface area contributed by atoms with E-state index in [1.807, 2.05) is 30.3 Å². The molecule has 0 spiro atoms. The summed E-state index contributed by atoms with van der Waals surface area (Å²) in [7, 11) is 0. The lowest BCUT2D eigenvalue weighted by atomic mass is 9.49. The summed E-state index contributed by atoms with van der Waals surface area (Å²) in [6, 6.07) is 13.5. The second kappa shape index (κ2) is 12.4. The van der Waals surface area contributed by atoms with Crippen molar-refractivity contribution in [2.45, 2.75) is 32.9 Å². The van der Waals surface area contributed by atoms with Crippen molar-refractivity contribution in [1.82, 2.24) is 14.7 Å². The first kappa shape index (κ1) is 29.9. The number of alkyl halides is 3. The molecule has 42 heavy (non-hydrogen) atoms. The van der Waals surface area contributed by atoms with Gasteiger partial charge in [0.15, 0.2) is 6.61 Å². The van der Waals surface area contributed by atoms with Gasteiger partial charge in [0.05, 0.1) is 5.56 Å². The first-order chi connectivity index (χ1) is 20.0. The third kappa shape index (κ3) is 6.91. The smallest absolute Gasteiger partial charge is 0.416 e. The van der Waals surface area contributed by atoms with E-state index in [-0.39, 0.29) is 24.0 Å². The van der Waals surface area contributed by atoms with Gasteiger partial charge in [-0.15, -0.1) is 0 Å². The Hall–Kier alpha value is -3.53. The number of urea groups is 1. The largest absolute Gasteiger partial charge is 0.484 e. The van der Waals surface area contributed by atoms with Crippen molar-refractivity contribution in [3.63, 3.8) is 0 Å². The summed E-state index contributed by atoms with van der Waals surface area (Å²) in [4.78, 5) is 31.9. The highest BCUT2D eigenvalue weighted by molar-refractivity contribution is 5.89. The van der Waals surface area contributed by atoms with E-state index in [1.54, 1.807) is 9.80 Å². The van der Waals surface area contributed by atoms with E-state index < -0.39 is 11.7 Å². The van der Waals surface area contributed by atoms with Gasteiger partial charge >= 0.3 is 12.2 Å². The van der Waals surface area contributed by atoms with Crippen LogP contribution in [-0.2, 0) is 11.0 Å². The van der Waals surface area contributed by atoms with E-state index in [4.69, 9.17) is 4.74 Å². The number of hydrogen-bond donors (Lipinski definition) is 1. The molecule has 2 aromatic rings. The van der Waals surface area contributed by atoms with Crippen LogP contribution >= 0.6 is 0 Å². The van der Waals surface area contributed by atoms with E-state index in [2.05, 4.69) is 30.1 Å². The van der Waals surface area contributed by atoms with Gasteiger partial charge in [0.1, 0.15) is 5.75 Å². The zero-order chi connectivity index (χ0) is 29.9. The van der Waals surface area contributed by atoms with Gasteiger partial charge in [-0.2, -0.15) is 13.2 Å². The van der Waals surface area contributed by atoms with Crippen molar-refractivity contribution in [2.24, 2.45) is 17.3 Å². The lowest BCUT2D eigenvalue weighted by molar-refractivity contribution is -0.137. The van der Waals surface area contributed by atoms with Crippen molar-refractivity contribution < 1.29 is 27.5 Å². The molecule has 2 aromatic carbocycles. The minimum absolute atomic E-state index is 0.00457. The molecule has 2 fully saturated rings. The van der Waals surface area contributed by atoms with Gasteiger partial charge in [-0.25, -0.2) is 4.79 Å². The van der Waals surface area contributed by atoms with Crippen LogP contribution in [0.15, 0.2) is 66.2 Å². The summed E-state index contributed by atoms with van der Waals surface area (Å²) in [6.45, 7) is 8.69. The number of anilines is 1. The topological polar surface area (TPSA) is 65.1 Å². The number of fused-ring (bicyclic) bond motifs is 1. The van der Waals surface area contributed by atoms with Crippen LogP contribution in [0.1, 0.15) is 32.3 Å². The van der Waals surface area contributed by atoms with Crippen molar-refractivity contribution in [2.75, 3.05) is 57.7 Å². The van der Waals surface area contributed by atoms with Crippen molar-refractivity contribution in [1.29, 1.82) is 0 Å². The molecule has 1 saturated heterocycles. The number of nitrogens with one attached hydrogen (secondary N) is 1. The van der Waals surface area contributed by atoms with Gasteiger partial charge in [-0.05, 0) is 66.5 Å². The third-order valence-corrected chi connectivity index (χ3v) is 9.22. The fourth-order valence-electron chi connectivity index (χ4n) is 6.31. The molecule has 0 aromatic heterocycles. The number of rotatable bonds is 9. The average molecular weight is 585 g/mol. The lowest BCUT2D eigenvalue weighted by Crippen LogP contribution is -2.53. The number of halogens is 3. The van der Waals surface area contributed by atoms with Gasteiger partial charge in [-0.1, -0.05) is 43.7 Å². The molecule has 1 saturated carbocycles. The maximum atomic E-state index is 13.4. The molecule has 1 heterocycles. The molecule has 2 unspecified atom stereocenters. The van der Waals surface area contributed by atoms with Gasteiger partial charge in [0, 0.05) is 51.5 Å². The zero-order valence-electron chi connectivity index (χ0n) is 24.2. The summed E-state index contributed by atoms with van der Waals surface area (Å²) < 4.78 is 44.6. The SMILES string of the molecule is CC1(C)C2CC=C(CN(CCN3CCN(C(=O)COc4ccccc4)CC3)C(=O)Nc3ccc(C(F)(F)F)cc3)C1C2. The quantitative estimate of drug-likeness (QED) is 0.381. The second-order valence-corrected chi connectivity index (χ2v) is 12.1. The minimum Gasteiger partial charge on any atom is -0.484 e. The molecule has 6 rings (SSSR count). The van der Waals surface area contributed by atoms with Gasteiger partial charge in [0.25, 0.3) is 5.91 Å². The number of nitrogens with zero attached hydrogens (tertiary/aromatic N) is 3. The molecular weight excluding hydrogens is 545 g/mol. The Morgan fingerprint density at radius 3 is 2.33 bits per heavy atom. The third-order valence-electron chi connectivity index (χ3n) is 9.22. The van der Waals surface area contributed by atoms with Crippen LogP contribution in [0, 0.1) is 17.3 Å². The molecule has 0 radical (unpaired) electrons. The summed E-state index contributed by atoms with van der Waals surface area (Å²) in [5.41, 5.74) is 1.05. The molecule has 1 aliphatic heterocycles. The molecule has 2 atom stereocenters. The molecule has 3 amide bonds. The predicted octanol–water partition coefficient (Wildman–Crippen LogP) is 5.75. The van der Waals surface area contributed by atoms with Crippen molar-refractivity contribution in [3.8, 4) is 5.75 Å². The summed E-state index contributed by atoms with van der Waals surface area (Å²) in [5.74, 6) is 1.72. The van der Waals surface area contributed by atoms with Crippen LogP contribution in [0.3, 0.4) is 0 Å². The fourth-order valence-corrected chi connectivity index (χ4v) is 6.31. The molecule has 2 bridgehead atoms. The fraction of sp³-hybridized carbons (Fsp3) is 0.500. The number of carbonyl (C=O) groups is 2. The van der Waals surface area contributed by atoms with E-state index >= 15 is 0 Å². The number of ether oxygens (including phenoxy) is 1. The Bertz CT molecular complexity index is 1270. The number of allylic oxidation sites excluding steroid dienone is 1. The molecule has 4 aliphatic rings. The highest BCUT2D eigenvalue weighted by atomic mass is 19.4. The normalized spacial score (nSPS) is 21.6. The van der Waals surface area contributed by atoms with Crippen LogP contribution in [0.5, 0.6) is 5.75 Å². The summed E-state index contributed by atoms with van der Waals surface area (Å²) >= 11 is 0. The van der Waals surface area contributed by atoms with E-state index in [9.17, 15) is 22.8 Å². The minimum atomic E-state index is -4.43. The first-order valence-corrected chi connectivity index (χ1v) is 14.6. The Kier molecular flexibility index (Phi) is 8.82. The van der Waals surface area contributed by atoms with Crippen LogP contribution in [-0.4, -0.2) is 79.1 Å². The monoisotopic (exact) mass is 584 g/mol. The van der Waals surface area contributed by atoms with Crippen LogP contribution in [0.25, 0.3) is 0 Å². The lowest BCUT2D eigenvalue weighted by Gasteiger charge is -2.57. The van der Waals surface area contributed by atoms with Crippen LogP contribution < -0.4 is 10.1 Å². The predicted molar refractivity (Wildman–Crippen MR) is 155 cm³/mol. The molecular formula is C32H39F3N4O3. The van der Waals surface area contributed by atoms with E-state index in [0.717, 1.165) is 25.0 Å². The van der Waals surface area contributed by atoms with Gasteiger partial charge in [0.2, 0.25) is 0 Å². The molecule has 3 aliphatic carbocycles. The second-order valence-electron chi connectivity index (χ2n) is 12.1. The average Bonchev–Trinajstić information content (AvgIpc) is 2.98. The molecule has 1 N–H and O–H groups in total. The first-order valence-electron chi connectivity index (χ1n) is 14.6. The van der Waals surface area contributed by atoms with Crippen LogP contribution in [0.2, 0.25) is 0 Å². The highest BCUT2D eigenvalue weighted by Crippen LogP contribution is 2.59. The standard InChI is InChI=1S/C32H39F3N4O3/c1-31(2)25-9-8-23(28(31)20-25)21-39(30(41)36-26-12-10-24(11-13-26)32(33,34)35)19-16-37-14-17-38(18-15-37)29(40)22-42-27-6-4-3-5-7-27/h3-8,10-13,25,28H,9,14-22H2,1-2H3,(H,36,41). The zero-order valence-corrected chi connectivity index (χ0v) is 24.2. The highest BCUT2D eigenvalue weighted by Gasteiger charge is 2.51. The molecule has 10 heteroatoms. The summed E-state index contributed by atoms with van der Waals surface area (Å²) in [5, 5.41) is 2.80. The Labute approximate surface area is 245 Å². The molecule has 7 nitrogen and oxygen atoms in total. The van der Waals surface area contributed by atoms with E-state index in [0.29, 0.717) is 69.1 Å². The number of piperazine rings is 1. The Morgan fingerprint density at radius 1 is 1.02 bits per heavy atom. The van der Waals surface area contributed by atoms with Gasteiger partial charge < -0.3 is 19.9 Å². The Morgan fingerprint density at radius 2 is 1.71 bits per heavy atom. The van der Waals surface area contributed by atoms with Crippen molar-refractivity contribution >= 4 is 17.6 Å². The Balaban J connectivity index is 1.16. The number of carbonyl (C=O) groups excluding carboxylic acids is 2. The van der Waals surface area contributed by atoms with E-state index in [1.165, 1.54) is 17.7 Å². The maximum absolute atomic E-state index is 13.4. The van der Waals surface area contributed by atoms with Crippen LogP contribution in [0.4, 0.5) is 23.7 Å². The number of amides is 3. The molecule has 226 valence electrons.